The highest BCUT2D eigenvalue weighted by atomic mass is 35.5. The van der Waals surface area contributed by atoms with Gasteiger partial charge < -0.3 is 0 Å². The molecule has 138 valence electrons. The van der Waals surface area contributed by atoms with Crippen molar-refractivity contribution in [3.63, 3.8) is 0 Å². The SMILES string of the molecule is O=C(NS(=O)(=O)C=Cc1ccc(C(F)(F)F)cc1)c1ccc(F)cc1Cl. The van der Waals surface area contributed by atoms with Gasteiger partial charge in [-0.2, -0.15) is 13.2 Å². The zero-order chi connectivity index (χ0) is 19.5. The van der Waals surface area contributed by atoms with E-state index in [1.54, 1.807) is 4.72 Å². The third-order valence-electron chi connectivity index (χ3n) is 3.09. The van der Waals surface area contributed by atoms with Gasteiger partial charge in [-0.05, 0) is 42.0 Å². The minimum absolute atomic E-state index is 0.177. The summed E-state index contributed by atoms with van der Waals surface area (Å²) in [6.07, 6.45) is -3.49. The Kier molecular flexibility index (Phi) is 5.72. The summed E-state index contributed by atoms with van der Waals surface area (Å²) in [5.74, 6) is -1.77. The zero-order valence-electron chi connectivity index (χ0n) is 12.7. The van der Waals surface area contributed by atoms with Gasteiger partial charge in [-0.25, -0.2) is 17.5 Å². The van der Waals surface area contributed by atoms with Crippen molar-refractivity contribution < 1.29 is 30.8 Å². The van der Waals surface area contributed by atoms with Gasteiger partial charge >= 0.3 is 6.18 Å². The van der Waals surface area contributed by atoms with E-state index in [1.807, 2.05) is 0 Å². The summed E-state index contributed by atoms with van der Waals surface area (Å²) in [7, 11) is -4.25. The van der Waals surface area contributed by atoms with Crippen LogP contribution in [0.25, 0.3) is 6.08 Å². The predicted octanol–water partition coefficient (Wildman–Crippen LogP) is 4.23. The molecular weight excluding hydrogens is 398 g/mol. The van der Waals surface area contributed by atoms with E-state index in [9.17, 15) is 30.8 Å². The number of alkyl halides is 3. The lowest BCUT2D eigenvalue weighted by Gasteiger charge is -2.06. The maximum Gasteiger partial charge on any atom is 0.416 e. The summed E-state index contributed by atoms with van der Waals surface area (Å²) in [5, 5.41) is 0.342. The number of sulfonamides is 1. The van der Waals surface area contributed by atoms with Crippen LogP contribution >= 0.6 is 11.6 Å². The van der Waals surface area contributed by atoms with E-state index in [2.05, 4.69) is 0 Å². The Morgan fingerprint density at radius 1 is 1.08 bits per heavy atom. The summed E-state index contributed by atoms with van der Waals surface area (Å²) in [4.78, 5) is 11.9. The Hall–Kier alpha value is -2.39. The number of amides is 1. The molecule has 1 N–H and O–H groups in total. The minimum atomic E-state index is -4.50. The molecule has 0 radical (unpaired) electrons. The van der Waals surface area contributed by atoms with Crippen LogP contribution in [0.4, 0.5) is 17.6 Å². The Balaban J connectivity index is 2.12. The lowest BCUT2D eigenvalue weighted by molar-refractivity contribution is -0.137. The summed E-state index contributed by atoms with van der Waals surface area (Å²) in [6, 6.07) is 6.54. The van der Waals surface area contributed by atoms with E-state index in [0.717, 1.165) is 48.5 Å². The molecule has 0 saturated heterocycles. The first-order valence-corrected chi connectivity index (χ1v) is 8.78. The second-order valence-corrected chi connectivity index (χ2v) is 7.00. The summed E-state index contributed by atoms with van der Waals surface area (Å²) < 4.78 is 75.8. The molecule has 0 aliphatic carbocycles. The maximum absolute atomic E-state index is 12.9. The van der Waals surface area contributed by atoms with Crippen molar-refractivity contribution >= 4 is 33.6 Å². The summed E-state index contributed by atoms with van der Waals surface area (Å²) in [6.45, 7) is 0. The van der Waals surface area contributed by atoms with Crippen molar-refractivity contribution in [1.29, 1.82) is 0 Å². The van der Waals surface area contributed by atoms with Gasteiger partial charge in [-0.3, -0.25) is 4.79 Å². The first-order chi connectivity index (χ1) is 12.0. The van der Waals surface area contributed by atoms with Gasteiger partial charge in [0.2, 0.25) is 0 Å². The van der Waals surface area contributed by atoms with Crippen LogP contribution in [-0.4, -0.2) is 14.3 Å². The van der Waals surface area contributed by atoms with Gasteiger partial charge in [0.25, 0.3) is 15.9 Å². The molecule has 0 spiro atoms. The molecular formula is C16H10ClF4NO3S. The molecule has 1 amide bonds. The first kappa shape index (κ1) is 19.9. The minimum Gasteiger partial charge on any atom is -0.268 e. The molecule has 4 nitrogen and oxygen atoms in total. The Labute approximate surface area is 151 Å². The quantitative estimate of drug-likeness (QED) is 0.771. The fourth-order valence-corrected chi connectivity index (χ4v) is 2.87. The van der Waals surface area contributed by atoms with Crippen molar-refractivity contribution in [2.45, 2.75) is 6.18 Å². The fourth-order valence-electron chi connectivity index (χ4n) is 1.84. The van der Waals surface area contributed by atoms with Gasteiger partial charge in [-0.15, -0.1) is 0 Å². The van der Waals surface area contributed by atoms with Crippen LogP contribution < -0.4 is 4.72 Å². The molecule has 0 aliphatic rings. The van der Waals surface area contributed by atoms with E-state index < -0.39 is 33.5 Å². The molecule has 10 heteroatoms. The van der Waals surface area contributed by atoms with Crippen molar-refractivity contribution in [2.75, 3.05) is 0 Å². The van der Waals surface area contributed by atoms with Crippen LogP contribution in [0.1, 0.15) is 21.5 Å². The van der Waals surface area contributed by atoms with Gasteiger partial charge in [0.05, 0.1) is 21.6 Å². The molecule has 0 bridgehead atoms. The van der Waals surface area contributed by atoms with E-state index in [4.69, 9.17) is 11.6 Å². The Bertz CT molecular complexity index is 954. The molecule has 0 fully saturated rings. The molecule has 0 heterocycles. The van der Waals surface area contributed by atoms with Gasteiger partial charge in [0.1, 0.15) is 5.82 Å². The maximum atomic E-state index is 12.9. The fraction of sp³-hybridized carbons (Fsp3) is 0.0625. The lowest BCUT2D eigenvalue weighted by atomic mass is 10.1. The van der Waals surface area contributed by atoms with Crippen LogP contribution in [0.3, 0.4) is 0 Å². The molecule has 2 aromatic rings. The Morgan fingerprint density at radius 3 is 2.23 bits per heavy atom. The van der Waals surface area contributed by atoms with Crippen LogP contribution in [0, 0.1) is 5.82 Å². The van der Waals surface area contributed by atoms with Gasteiger partial charge in [0, 0.05) is 0 Å². The topological polar surface area (TPSA) is 63.2 Å². The second-order valence-electron chi connectivity index (χ2n) is 5.02. The van der Waals surface area contributed by atoms with Crippen molar-refractivity contribution in [3.05, 3.63) is 75.4 Å². The van der Waals surface area contributed by atoms with E-state index in [0.29, 0.717) is 5.41 Å². The normalized spacial score (nSPS) is 12.3. The highest BCUT2D eigenvalue weighted by Crippen LogP contribution is 2.29. The third-order valence-corrected chi connectivity index (χ3v) is 4.37. The number of carbonyl (C=O) groups is 1. The molecule has 0 saturated carbocycles. The number of carbonyl (C=O) groups excluding carboxylic acids is 1. The summed E-state index contributed by atoms with van der Waals surface area (Å²) in [5.41, 5.74) is -0.952. The molecule has 2 rings (SSSR count). The number of nitrogens with one attached hydrogen (secondary N) is 1. The average Bonchev–Trinajstić information content (AvgIpc) is 2.52. The van der Waals surface area contributed by atoms with Crippen LogP contribution in [0.15, 0.2) is 47.9 Å². The smallest absolute Gasteiger partial charge is 0.268 e. The number of benzene rings is 2. The monoisotopic (exact) mass is 407 g/mol. The van der Waals surface area contributed by atoms with E-state index in [-0.39, 0.29) is 16.1 Å². The highest BCUT2D eigenvalue weighted by Gasteiger charge is 2.29. The Morgan fingerprint density at radius 2 is 1.69 bits per heavy atom. The largest absolute Gasteiger partial charge is 0.416 e. The van der Waals surface area contributed by atoms with E-state index >= 15 is 0 Å². The van der Waals surface area contributed by atoms with Gasteiger partial charge in [0.15, 0.2) is 0 Å². The number of hydrogen-bond donors (Lipinski definition) is 1. The lowest BCUT2D eigenvalue weighted by Crippen LogP contribution is -2.29. The summed E-state index contributed by atoms with van der Waals surface area (Å²) >= 11 is 5.67. The zero-order valence-corrected chi connectivity index (χ0v) is 14.3. The molecule has 26 heavy (non-hydrogen) atoms. The van der Waals surface area contributed by atoms with E-state index in [1.165, 1.54) is 0 Å². The third kappa shape index (κ3) is 5.30. The molecule has 0 aliphatic heterocycles. The van der Waals surface area contributed by atoms with Crippen molar-refractivity contribution in [3.8, 4) is 0 Å². The van der Waals surface area contributed by atoms with Crippen LogP contribution in [0.5, 0.6) is 0 Å². The highest BCUT2D eigenvalue weighted by molar-refractivity contribution is 7.93. The van der Waals surface area contributed by atoms with Crippen molar-refractivity contribution in [2.24, 2.45) is 0 Å². The predicted molar refractivity (Wildman–Crippen MR) is 88.3 cm³/mol. The van der Waals surface area contributed by atoms with Crippen molar-refractivity contribution in [1.82, 2.24) is 4.72 Å². The average molecular weight is 408 g/mol. The van der Waals surface area contributed by atoms with Gasteiger partial charge in [-0.1, -0.05) is 23.7 Å². The second kappa shape index (κ2) is 7.46. The molecule has 0 atom stereocenters. The number of hydrogen-bond acceptors (Lipinski definition) is 3. The standard InChI is InChI=1S/C16H10ClF4NO3S/c17-14-9-12(18)5-6-13(14)15(23)22-26(24,25)8-7-10-1-3-11(4-2-10)16(19,20)21/h1-9H,(H,22,23). The number of halogens is 5. The first-order valence-electron chi connectivity index (χ1n) is 6.85. The molecule has 2 aromatic carbocycles. The molecule has 0 unspecified atom stereocenters. The van der Waals surface area contributed by atoms with Crippen LogP contribution in [0.2, 0.25) is 5.02 Å². The van der Waals surface area contributed by atoms with Crippen LogP contribution in [-0.2, 0) is 16.2 Å². The number of rotatable bonds is 4. The molecule has 0 aromatic heterocycles.